The van der Waals surface area contributed by atoms with E-state index in [1.165, 1.54) is 24.8 Å². The van der Waals surface area contributed by atoms with Crippen LogP contribution in [0.5, 0.6) is 5.75 Å². The fraction of sp³-hybridized carbons (Fsp3) is 0.500. The SMILES string of the molecule is CCCCCCOc1ccc(CN(CCCC)C(=O)Nc2ccc(C)cc2C)cc1. The molecule has 0 saturated carbocycles. The van der Waals surface area contributed by atoms with Crippen LogP contribution in [0.3, 0.4) is 0 Å². The number of urea groups is 1. The summed E-state index contributed by atoms with van der Waals surface area (Å²) in [6, 6.07) is 14.2. The van der Waals surface area contributed by atoms with Gasteiger partial charge in [0.05, 0.1) is 6.61 Å². The Balaban J connectivity index is 1.95. The summed E-state index contributed by atoms with van der Waals surface area (Å²) in [4.78, 5) is 14.8. The summed E-state index contributed by atoms with van der Waals surface area (Å²) in [5, 5.41) is 3.08. The maximum atomic E-state index is 12.9. The summed E-state index contributed by atoms with van der Waals surface area (Å²) in [6.07, 6.45) is 6.85. The van der Waals surface area contributed by atoms with Crippen molar-refractivity contribution in [2.75, 3.05) is 18.5 Å². The van der Waals surface area contributed by atoms with Crippen LogP contribution >= 0.6 is 0 Å². The number of amides is 2. The highest BCUT2D eigenvalue weighted by Gasteiger charge is 2.15. The van der Waals surface area contributed by atoms with Crippen molar-refractivity contribution >= 4 is 11.7 Å². The van der Waals surface area contributed by atoms with Gasteiger partial charge < -0.3 is 15.0 Å². The van der Waals surface area contributed by atoms with E-state index in [1.54, 1.807) is 0 Å². The second-order valence-electron chi connectivity index (χ2n) is 8.08. The van der Waals surface area contributed by atoms with Gasteiger partial charge in [0.2, 0.25) is 0 Å². The normalized spacial score (nSPS) is 10.7. The van der Waals surface area contributed by atoms with Crippen LogP contribution in [0.4, 0.5) is 10.5 Å². The van der Waals surface area contributed by atoms with Crippen LogP contribution in [0.2, 0.25) is 0 Å². The van der Waals surface area contributed by atoms with Crippen molar-refractivity contribution in [2.45, 2.75) is 72.8 Å². The van der Waals surface area contributed by atoms with Crippen molar-refractivity contribution in [3.8, 4) is 5.75 Å². The third kappa shape index (κ3) is 8.10. The maximum absolute atomic E-state index is 12.9. The molecule has 2 rings (SSSR count). The molecule has 4 heteroatoms. The van der Waals surface area contributed by atoms with E-state index in [0.29, 0.717) is 6.54 Å². The van der Waals surface area contributed by atoms with E-state index in [2.05, 4.69) is 44.3 Å². The predicted octanol–water partition coefficient (Wildman–Crippen LogP) is 7.10. The minimum Gasteiger partial charge on any atom is -0.494 e. The highest BCUT2D eigenvalue weighted by molar-refractivity contribution is 5.90. The Labute approximate surface area is 182 Å². The van der Waals surface area contributed by atoms with Gasteiger partial charge in [0.1, 0.15) is 5.75 Å². The van der Waals surface area contributed by atoms with E-state index in [1.807, 2.05) is 36.1 Å². The van der Waals surface area contributed by atoms with Crippen LogP contribution in [-0.2, 0) is 6.54 Å². The molecule has 0 spiro atoms. The van der Waals surface area contributed by atoms with Gasteiger partial charge in [-0.25, -0.2) is 4.79 Å². The lowest BCUT2D eigenvalue weighted by molar-refractivity contribution is 0.208. The van der Waals surface area contributed by atoms with Crippen molar-refractivity contribution in [1.29, 1.82) is 0 Å². The van der Waals surface area contributed by atoms with Gasteiger partial charge in [-0.3, -0.25) is 0 Å². The third-order valence-electron chi connectivity index (χ3n) is 5.26. The maximum Gasteiger partial charge on any atom is 0.322 e. The fourth-order valence-electron chi connectivity index (χ4n) is 3.38. The standard InChI is InChI=1S/C26H38N2O2/c1-5-7-9-10-18-30-24-14-12-23(13-15-24)20-28(17-8-6-2)26(29)27-25-16-11-21(3)19-22(25)4/h11-16,19H,5-10,17-18,20H2,1-4H3,(H,27,29). The molecule has 0 bridgehead atoms. The van der Waals surface area contributed by atoms with Crippen molar-refractivity contribution < 1.29 is 9.53 Å². The molecule has 0 radical (unpaired) electrons. The summed E-state index contributed by atoms with van der Waals surface area (Å²) in [5.74, 6) is 0.898. The first-order chi connectivity index (χ1) is 14.5. The number of benzene rings is 2. The average molecular weight is 411 g/mol. The van der Waals surface area contributed by atoms with E-state index in [0.717, 1.165) is 55.0 Å². The van der Waals surface area contributed by atoms with Crippen LogP contribution < -0.4 is 10.1 Å². The smallest absolute Gasteiger partial charge is 0.322 e. The van der Waals surface area contributed by atoms with Crippen LogP contribution in [0, 0.1) is 13.8 Å². The Bertz CT molecular complexity index is 771. The third-order valence-corrected chi connectivity index (χ3v) is 5.26. The second kappa shape index (κ2) is 12.9. The summed E-state index contributed by atoms with van der Waals surface area (Å²) >= 11 is 0. The molecular weight excluding hydrogens is 372 g/mol. The first-order valence-corrected chi connectivity index (χ1v) is 11.4. The number of hydrogen-bond donors (Lipinski definition) is 1. The van der Waals surface area contributed by atoms with E-state index < -0.39 is 0 Å². The Morgan fingerprint density at radius 3 is 2.33 bits per heavy atom. The molecule has 0 aliphatic carbocycles. The molecule has 1 N–H and O–H groups in total. The molecule has 0 aromatic heterocycles. The molecule has 0 fully saturated rings. The second-order valence-corrected chi connectivity index (χ2v) is 8.08. The Morgan fingerprint density at radius 2 is 1.67 bits per heavy atom. The number of aryl methyl sites for hydroxylation is 2. The van der Waals surface area contributed by atoms with Crippen molar-refractivity contribution in [2.24, 2.45) is 0 Å². The zero-order valence-corrected chi connectivity index (χ0v) is 19.2. The number of nitrogens with zero attached hydrogens (tertiary/aromatic N) is 1. The summed E-state index contributed by atoms with van der Waals surface area (Å²) in [6.45, 7) is 10.5. The number of nitrogens with one attached hydrogen (secondary N) is 1. The number of carbonyl (C=O) groups excluding carboxylic acids is 1. The van der Waals surface area contributed by atoms with Crippen LogP contribution in [0.25, 0.3) is 0 Å². The summed E-state index contributed by atoms with van der Waals surface area (Å²) in [7, 11) is 0. The molecule has 164 valence electrons. The minimum atomic E-state index is -0.0494. The van der Waals surface area contributed by atoms with Gasteiger partial charge in [-0.1, -0.05) is 69.4 Å². The van der Waals surface area contributed by atoms with Gasteiger partial charge in [0.25, 0.3) is 0 Å². The first kappa shape index (κ1) is 23.8. The van der Waals surface area contributed by atoms with E-state index in [4.69, 9.17) is 4.74 Å². The predicted molar refractivity (Wildman–Crippen MR) is 126 cm³/mol. The van der Waals surface area contributed by atoms with Crippen molar-refractivity contribution in [1.82, 2.24) is 4.90 Å². The first-order valence-electron chi connectivity index (χ1n) is 11.4. The summed E-state index contributed by atoms with van der Waals surface area (Å²) in [5.41, 5.74) is 4.26. The van der Waals surface area contributed by atoms with E-state index in [-0.39, 0.29) is 6.03 Å². The minimum absolute atomic E-state index is 0.0494. The molecule has 0 unspecified atom stereocenters. The quantitative estimate of drug-likeness (QED) is 0.379. The van der Waals surface area contributed by atoms with Crippen molar-refractivity contribution in [3.63, 3.8) is 0 Å². The van der Waals surface area contributed by atoms with Gasteiger partial charge in [0.15, 0.2) is 0 Å². The van der Waals surface area contributed by atoms with Crippen LogP contribution in [0.15, 0.2) is 42.5 Å². The fourth-order valence-corrected chi connectivity index (χ4v) is 3.38. The highest BCUT2D eigenvalue weighted by atomic mass is 16.5. The highest BCUT2D eigenvalue weighted by Crippen LogP contribution is 2.19. The van der Waals surface area contributed by atoms with E-state index in [9.17, 15) is 4.79 Å². The molecular formula is C26H38N2O2. The Kier molecular flexibility index (Phi) is 10.3. The molecule has 2 aromatic carbocycles. The average Bonchev–Trinajstić information content (AvgIpc) is 2.74. The Morgan fingerprint density at radius 1 is 0.933 bits per heavy atom. The number of rotatable bonds is 12. The van der Waals surface area contributed by atoms with Crippen molar-refractivity contribution in [3.05, 3.63) is 59.2 Å². The molecule has 0 heterocycles. The van der Waals surface area contributed by atoms with Gasteiger partial charge >= 0.3 is 6.03 Å². The van der Waals surface area contributed by atoms with Crippen LogP contribution in [-0.4, -0.2) is 24.1 Å². The monoisotopic (exact) mass is 410 g/mol. The van der Waals surface area contributed by atoms with Crippen LogP contribution in [0.1, 0.15) is 69.1 Å². The van der Waals surface area contributed by atoms with Gasteiger partial charge in [0, 0.05) is 18.8 Å². The number of hydrogen-bond acceptors (Lipinski definition) is 2. The lowest BCUT2D eigenvalue weighted by atomic mass is 10.1. The topological polar surface area (TPSA) is 41.6 Å². The molecule has 0 aliphatic heterocycles. The molecule has 0 saturated heterocycles. The van der Waals surface area contributed by atoms with Gasteiger partial charge in [-0.2, -0.15) is 0 Å². The molecule has 30 heavy (non-hydrogen) atoms. The molecule has 0 aliphatic rings. The number of anilines is 1. The molecule has 4 nitrogen and oxygen atoms in total. The zero-order valence-electron chi connectivity index (χ0n) is 19.2. The van der Waals surface area contributed by atoms with Gasteiger partial charge in [-0.05, 0) is 56.0 Å². The van der Waals surface area contributed by atoms with E-state index >= 15 is 0 Å². The lowest BCUT2D eigenvalue weighted by Gasteiger charge is -2.24. The lowest BCUT2D eigenvalue weighted by Crippen LogP contribution is -2.35. The number of unbranched alkanes of at least 4 members (excludes halogenated alkanes) is 4. The molecule has 2 aromatic rings. The Hall–Kier alpha value is -2.49. The summed E-state index contributed by atoms with van der Waals surface area (Å²) < 4.78 is 5.83. The zero-order chi connectivity index (χ0) is 21.8. The number of carbonyl (C=O) groups is 1. The largest absolute Gasteiger partial charge is 0.494 e. The van der Waals surface area contributed by atoms with Gasteiger partial charge in [-0.15, -0.1) is 0 Å². The number of ether oxygens (including phenoxy) is 1. The molecule has 0 atom stereocenters. The molecule has 2 amide bonds.